The van der Waals surface area contributed by atoms with Crippen LogP contribution in [0.2, 0.25) is 0 Å². The van der Waals surface area contributed by atoms with E-state index in [0.29, 0.717) is 19.4 Å². The molecule has 0 aromatic rings. The van der Waals surface area contributed by atoms with Crippen molar-refractivity contribution in [3.8, 4) is 0 Å². The van der Waals surface area contributed by atoms with E-state index in [1.807, 2.05) is 6.08 Å². The van der Waals surface area contributed by atoms with E-state index < -0.39 is 49.5 Å². The molecule has 0 aromatic heterocycles. The summed E-state index contributed by atoms with van der Waals surface area (Å²) in [5.41, 5.74) is 0. The molecular formula is C80H147NO10. The number of carbonyl (C=O) groups is 2. The Hall–Kier alpha value is -2.64. The highest BCUT2D eigenvalue weighted by Crippen LogP contribution is 2.23. The zero-order valence-corrected chi connectivity index (χ0v) is 59.3. The maximum absolute atomic E-state index is 13.1. The fourth-order valence-electron chi connectivity index (χ4n) is 12.2. The predicted octanol–water partition coefficient (Wildman–Crippen LogP) is 20.9. The van der Waals surface area contributed by atoms with Crippen molar-refractivity contribution >= 4 is 11.9 Å². The summed E-state index contributed by atoms with van der Waals surface area (Å²) in [4.78, 5) is 25.1. The maximum Gasteiger partial charge on any atom is 0.305 e. The molecule has 0 aromatic carbocycles. The molecule has 0 saturated carbocycles. The van der Waals surface area contributed by atoms with Gasteiger partial charge < -0.3 is 45.1 Å². The van der Waals surface area contributed by atoms with E-state index in [0.717, 1.165) is 70.6 Å². The maximum atomic E-state index is 13.1. The number of aliphatic hydroxyl groups excluding tert-OH is 5. The molecule has 0 radical (unpaired) electrons. The molecule has 0 spiro atoms. The normalized spacial score (nSPS) is 17.9. The van der Waals surface area contributed by atoms with Gasteiger partial charge in [0.2, 0.25) is 5.91 Å². The number of carbonyl (C=O) groups excluding carboxylic acids is 2. The van der Waals surface area contributed by atoms with Crippen molar-refractivity contribution in [3.05, 3.63) is 60.8 Å². The molecule has 1 aliphatic heterocycles. The van der Waals surface area contributed by atoms with Gasteiger partial charge in [-0.25, -0.2) is 0 Å². The molecule has 1 aliphatic rings. The molecule has 7 unspecified atom stereocenters. The number of esters is 1. The Bertz CT molecular complexity index is 1700. The first-order valence-electron chi connectivity index (χ1n) is 39.1. The Morgan fingerprint density at radius 2 is 0.747 bits per heavy atom. The molecule has 11 heteroatoms. The van der Waals surface area contributed by atoms with E-state index in [1.165, 1.54) is 276 Å². The van der Waals surface area contributed by atoms with Crippen LogP contribution in [-0.2, 0) is 23.8 Å². The van der Waals surface area contributed by atoms with E-state index in [4.69, 9.17) is 14.2 Å². The van der Waals surface area contributed by atoms with Crippen molar-refractivity contribution in [2.75, 3.05) is 19.8 Å². The average molecular weight is 1280 g/mol. The lowest BCUT2D eigenvalue weighted by Gasteiger charge is -2.40. The molecule has 6 N–H and O–H groups in total. The molecule has 1 heterocycles. The highest BCUT2D eigenvalue weighted by molar-refractivity contribution is 5.76. The summed E-state index contributed by atoms with van der Waals surface area (Å²) in [5.74, 6) is -0.179. The van der Waals surface area contributed by atoms with Crippen LogP contribution in [-0.4, -0.2) is 100 Å². The Morgan fingerprint density at radius 3 is 1.18 bits per heavy atom. The summed E-state index contributed by atoms with van der Waals surface area (Å²) in [6, 6.07) is -0.833. The number of nitrogens with one attached hydrogen (secondary N) is 1. The minimum Gasteiger partial charge on any atom is -0.466 e. The summed E-state index contributed by atoms with van der Waals surface area (Å²) < 4.78 is 16.7. The topological polar surface area (TPSA) is 175 Å². The zero-order chi connectivity index (χ0) is 65.8. The van der Waals surface area contributed by atoms with Crippen molar-refractivity contribution in [2.45, 2.75) is 416 Å². The molecule has 1 amide bonds. The third kappa shape index (κ3) is 57.3. The summed E-state index contributed by atoms with van der Waals surface area (Å²) >= 11 is 0. The van der Waals surface area contributed by atoms with Crippen molar-refractivity contribution in [1.82, 2.24) is 5.32 Å². The van der Waals surface area contributed by atoms with Crippen LogP contribution in [0.5, 0.6) is 0 Å². The average Bonchev–Trinajstić information content (AvgIpc) is 1.98. The third-order valence-electron chi connectivity index (χ3n) is 18.3. The second-order valence-electron chi connectivity index (χ2n) is 27.0. The first-order valence-corrected chi connectivity index (χ1v) is 39.1. The van der Waals surface area contributed by atoms with Gasteiger partial charge in [0.1, 0.15) is 24.4 Å². The van der Waals surface area contributed by atoms with Gasteiger partial charge in [-0.3, -0.25) is 9.59 Å². The molecule has 532 valence electrons. The van der Waals surface area contributed by atoms with Gasteiger partial charge in [-0.2, -0.15) is 0 Å². The molecule has 1 rings (SSSR count). The van der Waals surface area contributed by atoms with Crippen molar-refractivity contribution < 1.29 is 49.3 Å². The number of hydrogen-bond donors (Lipinski definition) is 6. The highest BCUT2D eigenvalue weighted by Gasteiger charge is 2.44. The van der Waals surface area contributed by atoms with Gasteiger partial charge in [-0.1, -0.05) is 331 Å². The Labute approximate surface area is 560 Å². The van der Waals surface area contributed by atoms with Crippen molar-refractivity contribution in [2.24, 2.45) is 0 Å². The minimum atomic E-state index is -1.58. The highest BCUT2D eigenvalue weighted by atomic mass is 16.7. The second-order valence-corrected chi connectivity index (χ2v) is 27.0. The lowest BCUT2D eigenvalue weighted by Crippen LogP contribution is -2.60. The van der Waals surface area contributed by atoms with Crippen molar-refractivity contribution in [1.29, 1.82) is 0 Å². The van der Waals surface area contributed by atoms with Gasteiger partial charge in [0.25, 0.3) is 0 Å². The first-order chi connectivity index (χ1) is 44.7. The summed E-state index contributed by atoms with van der Waals surface area (Å²) in [6.45, 7) is 4.33. The smallest absolute Gasteiger partial charge is 0.305 e. The Kier molecular flexibility index (Phi) is 65.2. The molecular weight excluding hydrogens is 1130 g/mol. The van der Waals surface area contributed by atoms with Crippen LogP contribution in [0, 0.1) is 0 Å². The molecule has 91 heavy (non-hydrogen) atoms. The fraction of sp³-hybridized carbons (Fsp3) is 0.850. The van der Waals surface area contributed by atoms with Crippen LogP contribution < -0.4 is 5.32 Å². The number of hydrogen-bond acceptors (Lipinski definition) is 10. The SMILES string of the molecule is CCCCC/C=C/CC/C=C/CC/C=C/C(O)C(COC1OC(CO)C(O)C(O)C1O)NC(=O)CCCCCCCCCCCCCCCCCCC/C=C\C/C=C\CCCCCCCCCCCCCCCCCOC(=O)CCCCCCCCCCCCC. The predicted molar refractivity (Wildman–Crippen MR) is 384 cm³/mol. The Morgan fingerprint density at radius 1 is 0.407 bits per heavy atom. The molecule has 11 nitrogen and oxygen atoms in total. The first kappa shape index (κ1) is 86.4. The third-order valence-corrected chi connectivity index (χ3v) is 18.3. The summed E-state index contributed by atoms with van der Waals surface area (Å²) in [7, 11) is 0. The van der Waals surface area contributed by atoms with E-state index in [2.05, 4.69) is 67.8 Å². The van der Waals surface area contributed by atoms with Gasteiger partial charge in [0.15, 0.2) is 6.29 Å². The molecule has 1 saturated heterocycles. The van der Waals surface area contributed by atoms with Gasteiger partial charge in [-0.05, 0) is 89.9 Å². The van der Waals surface area contributed by atoms with E-state index >= 15 is 0 Å². The lowest BCUT2D eigenvalue weighted by molar-refractivity contribution is -0.302. The molecule has 0 bridgehead atoms. The van der Waals surface area contributed by atoms with Crippen LogP contribution in [0.25, 0.3) is 0 Å². The zero-order valence-electron chi connectivity index (χ0n) is 59.3. The van der Waals surface area contributed by atoms with Crippen LogP contribution >= 0.6 is 0 Å². The largest absolute Gasteiger partial charge is 0.466 e. The minimum absolute atomic E-state index is 0.0141. The number of amides is 1. The molecule has 1 fully saturated rings. The quantitative estimate of drug-likeness (QED) is 0.0195. The fourth-order valence-corrected chi connectivity index (χ4v) is 12.2. The number of unbranched alkanes of at least 4 members (excludes halogenated alkanes) is 47. The van der Waals surface area contributed by atoms with Gasteiger partial charge >= 0.3 is 5.97 Å². The van der Waals surface area contributed by atoms with Crippen LogP contribution in [0.15, 0.2) is 60.8 Å². The number of aliphatic hydroxyl groups is 5. The molecule has 7 atom stereocenters. The number of ether oxygens (including phenoxy) is 3. The number of rotatable bonds is 69. The summed E-state index contributed by atoms with van der Waals surface area (Å²) in [5, 5.41) is 54.5. The van der Waals surface area contributed by atoms with Crippen LogP contribution in [0.1, 0.15) is 373 Å². The van der Waals surface area contributed by atoms with Crippen molar-refractivity contribution in [3.63, 3.8) is 0 Å². The molecule has 0 aliphatic carbocycles. The van der Waals surface area contributed by atoms with Gasteiger partial charge in [0.05, 0.1) is 32.0 Å². The monoisotopic (exact) mass is 1280 g/mol. The summed E-state index contributed by atoms with van der Waals surface area (Å²) in [6.07, 6.45) is 82.5. The van der Waals surface area contributed by atoms with E-state index in [1.54, 1.807) is 6.08 Å². The second kappa shape index (κ2) is 68.7. The van der Waals surface area contributed by atoms with Crippen LogP contribution in [0.4, 0.5) is 0 Å². The van der Waals surface area contributed by atoms with Crippen LogP contribution in [0.3, 0.4) is 0 Å². The van der Waals surface area contributed by atoms with E-state index in [9.17, 15) is 35.1 Å². The van der Waals surface area contributed by atoms with Gasteiger partial charge in [-0.15, -0.1) is 0 Å². The lowest BCUT2D eigenvalue weighted by atomic mass is 9.99. The Balaban J connectivity index is 1.93. The van der Waals surface area contributed by atoms with E-state index in [-0.39, 0.29) is 18.5 Å². The standard InChI is InChI=1S/C80H147NO10/c1-3-5-7-9-11-13-15-43-47-50-54-58-62-66-73(83)72(71-90-80-79(88)78(87)77(86)74(70-82)91-80)81-75(84)67-63-59-55-51-48-44-41-39-37-35-33-31-29-27-25-23-21-19-17-16-18-20-22-24-26-28-30-32-34-36-38-40-42-45-49-53-57-61-65-69-89-76(85)68-64-60-56-52-46-14-12-10-8-6-4-2/h11,13,16-17,20,22,47,50,62,66,72-74,77-80,82-83,86-88H,3-10,12,14-15,18-19,21,23-46,48-49,51-61,63-65,67-71H2,1-2H3,(H,81,84)/b13-11+,17-16-,22-20-,50-47+,66-62+. The number of allylic oxidation sites excluding steroid dienone is 9. The van der Waals surface area contributed by atoms with Gasteiger partial charge in [0, 0.05) is 12.8 Å².